The molecule has 2 N–H and O–H groups in total. The average Bonchev–Trinajstić information content (AvgIpc) is 2.45. The lowest BCUT2D eigenvalue weighted by atomic mass is 10.1. The quantitative estimate of drug-likeness (QED) is 0.602. The van der Waals surface area contributed by atoms with E-state index in [0.717, 1.165) is 0 Å². The first-order chi connectivity index (χ1) is 9.69. The zero-order valence-electron chi connectivity index (χ0n) is 10.8. The van der Waals surface area contributed by atoms with Crippen LogP contribution in [0.4, 0.5) is 11.4 Å². The Morgan fingerprint density at radius 3 is 2.50 bits per heavy atom. The van der Waals surface area contributed by atoms with E-state index in [-0.39, 0.29) is 18.9 Å². The van der Waals surface area contributed by atoms with Crippen LogP contribution in [0.15, 0.2) is 30.5 Å². The van der Waals surface area contributed by atoms with Crippen LogP contribution in [0.2, 0.25) is 0 Å². The highest BCUT2D eigenvalue weighted by atomic mass is 16.6. The van der Waals surface area contributed by atoms with Crippen LogP contribution in [0.5, 0.6) is 0 Å². The van der Waals surface area contributed by atoms with Crippen LogP contribution in [-0.4, -0.2) is 46.4 Å². The van der Waals surface area contributed by atoms with E-state index in [2.05, 4.69) is 4.98 Å². The Morgan fingerprint density at radius 1 is 1.20 bits per heavy atom. The van der Waals surface area contributed by atoms with Gasteiger partial charge in [-0.3, -0.25) is 10.1 Å². The van der Waals surface area contributed by atoms with E-state index in [1.807, 2.05) is 0 Å². The second-order valence-electron chi connectivity index (χ2n) is 4.19. The van der Waals surface area contributed by atoms with E-state index in [4.69, 9.17) is 10.2 Å². The van der Waals surface area contributed by atoms with Crippen molar-refractivity contribution in [1.82, 2.24) is 4.98 Å². The number of pyridine rings is 1. The standard InChI is InChI=1S/C13H15N3O4/c17-8-6-15(7-9-18)11-4-5-14-13-10(11)2-1-3-12(13)16(19)20/h1-5,17-18H,6-9H2. The zero-order chi connectivity index (χ0) is 14.5. The summed E-state index contributed by atoms with van der Waals surface area (Å²) in [5.41, 5.74) is 0.954. The van der Waals surface area contributed by atoms with E-state index in [9.17, 15) is 10.1 Å². The molecular weight excluding hydrogens is 262 g/mol. The molecule has 7 heteroatoms. The van der Waals surface area contributed by atoms with Gasteiger partial charge in [0.05, 0.1) is 18.1 Å². The van der Waals surface area contributed by atoms with Crippen molar-refractivity contribution in [3.8, 4) is 0 Å². The summed E-state index contributed by atoms with van der Waals surface area (Å²) in [6, 6.07) is 6.47. The summed E-state index contributed by atoms with van der Waals surface area (Å²) in [4.78, 5) is 16.4. The number of hydrogen-bond donors (Lipinski definition) is 2. The SMILES string of the molecule is O=[N+]([O-])c1cccc2c(N(CCO)CCO)ccnc12. The van der Waals surface area contributed by atoms with Crippen LogP contribution in [-0.2, 0) is 0 Å². The van der Waals surface area contributed by atoms with Crippen molar-refractivity contribution in [3.63, 3.8) is 0 Å². The molecule has 0 spiro atoms. The first kappa shape index (κ1) is 14.2. The van der Waals surface area contributed by atoms with Gasteiger partial charge in [-0.2, -0.15) is 0 Å². The fourth-order valence-electron chi connectivity index (χ4n) is 2.16. The van der Waals surface area contributed by atoms with Crippen LogP contribution < -0.4 is 4.90 Å². The predicted molar refractivity (Wildman–Crippen MR) is 74.8 cm³/mol. The number of benzene rings is 1. The predicted octanol–water partition coefficient (Wildman–Crippen LogP) is 0.934. The van der Waals surface area contributed by atoms with Gasteiger partial charge in [0.15, 0.2) is 0 Å². The number of aliphatic hydroxyl groups excluding tert-OH is 2. The summed E-state index contributed by atoms with van der Waals surface area (Å²) in [5, 5.41) is 29.8. The van der Waals surface area contributed by atoms with Crippen molar-refractivity contribution in [3.05, 3.63) is 40.6 Å². The molecule has 106 valence electrons. The van der Waals surface area contributed by atoms with Crippen LogP contribution in [0.3, 0.4) is 0 Å². The number of rotatable bonds is 6. The maximum Gasteiger partial charge on any atom is 0.295 e. The molecule has 20 heavy (non-hydrogen) atoms. The van der Waals surface area contributed by atoms with Crippen molar-refractivity contribution in [2.24, 2.45) is 0 Å². The number of aliphatic hydroxyl groups is 2. The Balaban J connectivity index is 2.59. The molecule has 1 heterocycles. The van der Waals surface area contributed by atoms with Crippen LogP contribution in [0.25, 0.3) is 10.9 Å². The summed E-state index contributed by atoms with van der Waals surface area (Å²) < 4.78 is 0. The number of nitro benzene ring substituents is 1. The molecular formula is C13H15N3O4. The Bertz CT molecular complexity index is 612. The molecule has 0 unspecified atom stereocenters. The topological polar surface area (TPSA) is 99.7 Å². The maximum atomic E-state index is 11.0. The van der Waals surface area contributed by atoms with Gasteiger partial charge < -0.3 is 15.1 Å². The van der Waals surface area contributed by atoms with Gasteiger partial charge in [-0.1, -0.05) is 12.1 Å². The van der Waals surface area contributed by atoms with Crippen LogP contribution in [0, 0.1) is 10.1 Å². The Kier molecular flexibility index (Phi) is 4.44. The highest BCUT2D eigenvalue weighted by molar-refractivity contribution is 5.96. The third-order valence-electron chi connectivity index (χ3n) is 3.00. The molecule has 0 aliphatic heterocycles. The summed E-state index contributed by atoms with van der Waals surface area (Å²) in [7, 11) is 0. The lowest BCUT2D eigenvalue weighted by Crippen LogP contribution is -2.29. The van der Waals surface area contributed by atoms with Gasteiger partial charge in [0.25, 0.3) is 5.69 Å². The number of nitro groups is 1. The highest BCUT2D eigenvalue weighted by Gasteiger charge is 2.16. The first-order valence-corrected chi connectivity index (χ1v) is 6.18. The van der Waals surface area contributed by atoms with Gasteiger partial charge in [-0.05, 0) is 6.07 Å². The number of fused-ring (bicyclic) bond motifs is 1. The monoisotopic (exact) mass is 277 g/mol. The molecule has 1 aromatic carbocycles. The number of hydrogen-bond acceptors (Lipinski definition) is 6. The Hall–Kier alpha value is -2.25. The zero-order valence-corrected chi connectivity index (χ0v) is 10.8. The largest absolute Gasteiger partial charge is 0.395 e. The lowest BCUT2D eigenvalue weighted by molar-refractivity contribution is -0.383. The molecule has 1 aromatic heterocycles. The molecule has 0 aliphatic carbocycles. The van der Waals surface area contributed by atoms with Gasteiger partial charge in [-0.15, -0.1) is 0 Å². The normalized spacial score (nSPS) is 10.7. The smallest absolute Gasteiger partial charge is 0.295 e. The summed E-state index contributed by atoms with van der Waals surface area (Å²) >= 11 is 0. The third-order valence-corrected chi connectivity index (χ3v) is 3.00. The number of nitrogens with zero attached hydrogens (tertiary/aromatic N) is 3. The second kappa shape index (κ2) is 6.27. The van der Waals surface area contributed by atoms with Gasteiger partial charge in [0.2, 0.25) is 0 Å². The van der Waals surface area contributed by atoms with Crippen LogP contribution >= 0.6 is 0 Å². The molecule has 0 fully saturated rings. The maximum absolute atomic E-state index is 11.0. The van der Waals surface area contributed by atoms with Crippen molar-refractivity contribution < 1.29 is 15.1 Å². The summed E-state index contributed by atoms with van der Waals surface area (Å²) in [5.74, 6) is 0. The van der Waals surface area contributed by atoms with Gasteiger partial charge >= 0.3 is 0 Å². The summed E-state index contributed by atoms with van der Waals surface area (Å²) in [6.07, 6.45) is 1.49. The minimum atomic E-state index is -0.471. The molecule has 0 bridgehead atoms. The number of non-ortho nitro benzene ring substituents is 1. The number of aromatic nitrogens is 1. The molecule has 0 atom stereocenters. The Labute approximate surface area is 115 Å². The molecule has 0 radical (unpaired) electrons. The fraction of sp³-hybridized carbons (Fsp3) is 0.308. The molecule has 7 nitrogen and oxygen atoms in total. The average molecular weight is 277 g/mol. The first-order valence-electron chi connectivity index (χ1n) is 6.18. The number of para-hydroxylation sites is 1. The minimum absolute atomic E-state index is 0.0581. The van der Waals surface area contributed by atoms with Crippen molar-refractivity contribution >= 4 is 22.3 Å². The highest BCUT2D eigenvalue weighted by Crippen LogP contribution is 2.30. The van der Waals surface area contributed by atoms with E-state index in [1.54, 1.807) is 23.1 Å². The van der Waals surface area contributed by atoms with Gasteiger partial charge in [0, 0.05) is 36.4 Å². The van der Waals surface area contributed by atoms with Gasteiger partial charge in [-0.25, -0.2) is 4.98 Å². The van der Waals surface area contributed by atoms with E-state index in [1.165, 1.54) is 12.3 Å². The molecule has 0 amide bonds. The molecule has 2 aromatic rings. The molecule has 0 aliphatic rings. The molecule has 0 saturated carbocycles. The van der Waals surface area contributed by atoms with Crippen molar-refractivity contribution in [1.29, 1.82) is 0 Å². The minimum Gasteiger partial charge on any atom is -0.395 e. The lowest BCUT2D eigenvalue weighted by Gasteiger charge is -2.24. The molecule has 0 saturated heterocycles. The van der Waals surface area contributed by atoms with E-state index in [0.29, 0.717) is 29.7 Å². The van der Waals surface area contributed by atoms with Crippen molar-refractivity contribution in [2.45, 2.75) is 0 Å². The van der Waals surface area contributed by atoms with Crippen LogP contribution in [0.1, 0.15) is 0 Å². The Morgan fingerprint density at radius 2 is 1.90 bits per heavy atom. The third kappa shape index (κ3) is 2.68. The molecule has 2 rings (SSSR count). The number of anilines is 1. The fourth-order valence-corrected chi connectivity index (χ4v) is 2.16. The second-order valence-corrected chi connectivity index (χ2v) is 4.19. The van der Waals surface area contributed by atoms with E-state index < -0.39 is 4.92 Å². The van der Waals surface area contributed by atoms with E-state index >= 15 is 0 Å². The summed E-state index contributed by atoms with van der Waals surface area (Å²) in [6.45, 7) is 0.530. The van der Waals surface area contributed by atoms with Crippen molar-refractivity contribution in [2.75, 3.05) is 31.2 Å². The van der Waals surface area contributed by atoms with Gasteiger partial charge in [0.1, 0.15) is 5.52 Å².